The number of rotatable bonds is 5. The SMILES string of the molecule is CCc1ccc(C(C)(C)C)cc1C(C)C(CN)CN. The number of hydrogen-bond donors (Lipinski definition) is 2. The fourth-order valence-electron chi connectivity index (χ4n) is 2.57. The zero-order chi connectivity index (χ0) is 14.6. The van der Waals surface area contributed by atoms with E-state index in [0.717, 1.165) is 6.42 Å². The Bertz CT molecular complexity index is 400. The molecule has 108 valence electrons. The normalized spacial score (nSPS) is 13.9. The summed E-state index contributed by atoms with van der Waals surface area (Å²) in [5.41, 5.74) is 16.1. The van der Waals surface area contributed by atoms with Crippen molar-refractivity contribution in [2.45, 2.75) is 52.4 Å². The molecule has 19 heavy (non-hydrogen) atoms. The molecule has 0 aliphatic carbocycles. The van der Waals surface area contributed by atoms with Gasteiger partial charge in [-0.1, -0.05) is 52.8 Å². The molecule has 1 atom stereocenters. The monoisotopic (exact) mass is 262 g/mol. The molecule has 0 aromatic heterocycles. The Morgan fingerprint density at radius 3 is 2.11 bits per heavy atom. The van der Waals surface area contributed by atoms with Crippen LogP contribution in [0.2, 0.25) is 0 Å². The lowest BCUT2D eigenvalue weighted by atomic mass is 9.79. The lowest BCUT2D eigenvalue weighted by Gasteiger charge is -2.27. The van der Waals surface area contributed by atoms with Crippen LogP contribution in [-0.2, 0) is 11.8 Å². The highest BCUT2D eigenvalue weighted by molar-refractivity contribution is 5.37. The van der Waals surface area contributed by atoms with Crippen molar-refractivity contribution in [1.82, 2.24) is 0 Å². The van der Waals surface area contributed by atoms with Gasteiger partial charge in [0.2, 0.25) is 0 Å². The maximum Gasteiger partial charge on any atom is -0.00310 e. The molecule has 0 spiro atoms. The Morgan fingerprint density at radius 2 is 1.68 bits per heavy atom. The second-order valence-electron chi connectivity index (χ2n) is 6.54. The maximum atomic E-state index is 5.86. The second-order valence-corrected chi connectivity index (χ2v) is 6.54. The Morgan fingerprint density at radius 1 is 1.11 bits per heavy atom. The van der Waals surface area contributed by atoms with Crippen LogP contribution in [0.3, 0.4) is 0 Å². The van der Waals surface area contributed by atoms with E-state index in [1.54, 1.807) is 0 Å². The van der Waals surface area contributed by atoms with E-state index in [4.69, 9.17) is 11.5 Å². The van der Waals surface area contributed by atoms with E-state index in [9.17, 15) is 0 Å². The van der Waals surface area contributed by atoms with Crippen molar-refractivity contribution in [3.05, 3.63) is 34.9 Å². The molecule has 4 N–H and O–H groups in total. The molecular formula is C17H30N2. The van der Waals surface area contributed by atoms with Crippen LogP contribution in [0.5, 0.6) is 0 Å². The minimum atomic E-state index is 0.182. The minimum absolute atomic E-state index is 0.182. The highest BCUT2D eigenvalue weighted by Crippen LogP contribution is 2.31. The predicted molar refractivity (Wildman–Crippen MR) is 84.5 cm³/mol. The molecule has 0 bridgehead atoms. The molecule has 0 heterocycles. The van der Waals surface area contributed by atoms with Crippen LogP contribution in [0, 0.1) is 5.92 Å². The van der Waals surface area contributed by atoms with Gasteiger partial charge in [0.1, 0.15) is 0 Å². The number of benzene rings is 1. The predicted octanol–water partition coefficient (Wildman–Crippen LogP) is 3.18. The maximum absolute atomic E-state index is 5.86. The molecule has 1 aromatic rings. The largest absolute Gasteiger partial charge is 0.330 e. The number of nitrogens with two attached hydrogens (primary N) is 2. The first kappa shape index (κ1) is 16.2. The summed E-state index contributed by atoms with van der Waals surface area (Å²) < 4.78 is 0. The van der Waals surface area contributed by atoms with E-state index in [1.807, 2.05) is 0 Å². The van der Waals surface area contributed by atoms with Crippen LogP contribution >= 0.6 is 0 Å². The summed E-state index contributed by atoms with van der Waals surface area (Å²) in [4.78, 5) is 0. The van der Waals surface area contributed by atoms with Gasteiger partial charge in [0.25, 0.3) is 0 Å². The second kappa shape index (κ2) is 6.53. The summed E-state index contributed by atoms with van der Waals surface area (Å²) >= 11 is 0. The van der Waals surface area contributed by atoms with Gasteiger partial charge in [-0.25, -0.2) is 0 Å². The Balaban J connectivity index is 3.22. The fraction of sp³-hybridized carbons (Fsp3) is 0.647. The van der Waals surface area contributed by atoms with Crippen molar-refractivity contribution in [1.29, 1.82) is 0 Å². The van der Waals surface area contributed by atoms with Crippen LogP contribution in [0.25, 0.3) is 0 Å². The zero-order valence-electron chi connectivity index (χ0n) is 13.2. The third-order valence-corrected chi connectivity index (χ3v) is 4.20. The fourth-order valence-corrected chi connectivity index (χ4v) is 2.57. The molecule has 2 heteroatoms. The van der Waals surface area contributed by atoms with E-state index in [-0.39, 0.29) is 5.41 Å². The van der Waals surface area contributed by atoms with Crippen LogP contribution in [0.15, 0.2) is 18.2 Å². The van der Waals surface area contributed by atoms with E-state index in [1.165, 1.54) is 16.7 Å². The quantitative estimate of drug-likeness (QED) is 0.856. The van der Waals surface area contributed by atoms with Gasteiger partial charge >= 0.3 is 0 Å². The van der Waals surface area contributed by atoms with Crippen molar-refractivity contribution in [3.63, 3.8) is 0 Å². The molecule has 0 amide bonds. The van der Waals surface area contributed by atoms with Crippen molar-refractivity contribution >= 4 is 0 Å². The van der Waals surface area contributed by atoms with Crippen LogP contribution in [0.4, 0.5) is 0 Å². The Hall–Kier alpha value is -0.860. The smallest absolute Gasteiger partial charge is 0.00310 e. The lowest BCUT2D eigenvalue weighted by Crippen LogP contribution is -2.28. The first-order chi connectivity index (χ1) is 8.85. The molecule has 1 aromatic carbocycles. The molecule has 0 fully saturated rings. The third-order valence-electron chi connectivity index (χ3n) is 4.20. The molecule has 0 radical (unpaired) electrons. The van der Waals surface area contributed by atoms with Crippen molar-refractivity contribution < 1.29 is 0 Å². The van der Waals surface area contributed by atoms with Crippen LogP contribution < -0.4 is 11.5 Å². The summed E-state index contributed by atoms with van der Waals surface area (Å²) in [5, 5.41) is 0. The summed E-state index contributed by atoms with van der Waals surface area (Å²) in [5.74, 6) is 0.785. The Labute approximate surface area is 118 Å². The number of hydrogen-bond acceptors (Lipinski definition) is 2. The van der Waals surface area contributed by atoms with Gasteiger partial charge in [-0.15, -0.1) is 0 Å². The van der Waals surface area contributed by atoms with Crippen molar-refractivity contribution in [2.75, 3.05) is 13.1 Å². The molecule has 1 unspecified atom stereocenters. The number of aryl methyl sites for hydroxylation is 1. The molecule has 0 aliphatic rings. The average molecular weight is 262 g/mol. The van der Waals surface area contributed by atoms with Crippen molar-refractivity contribution in [2.24, 2.45) is 17.4 Å². The van der Waals surface area contributed by atoms with E-state index in [2.05, 4.69) is 52.8 Å². The average Bonchev–Trinajstić information content (AvgIpc) is 2.38. The summed E-state index contributed by atoms with van der Waals surface area (Å²) in [6, 6.07) is 6.90. The van der Waals surface area contributed by atoms with E-state index in [0.29, 0.717) is 24.9 Å². The topological polar surface area (TPSA) is 52.0 Å². The van der Waals surface area contributed by atoms with Crippen LogP contribution in [-0.4, -0.2) is 13.1 Å². The molecule has 1 rings (SSSR count). The molecule has 0 saturated carbocycles. The van der Waals surface area contributed by atoms with Gasteiger partial charge in [0, 0.05) is 0 Å². The van der Waals surface area contributed by atoms with Gasteiger partial charge in [-0.2, -0.15) is 0 Å². The first-order valence-electron chi connectivity index (χ1n) is 7.38. The van der Waals surface area contributed by atoms with Crippen LogP contribution in [0.1, 0.15) is 57.2 Å². The minimum Gasteiger partial charge on any atom is -0.330 e. The first-order valence-corrected chi connectivity index (χ1v) is 7.38. The lowest BCUT2D eigenvalue weighted by molar-refractivity contribution is 0.463. The van der Waals surface area contributed by atoms with E-state index < -0.39 is 0 Å². The summed E-state index contributed by atoms with van der Waals surface area (Å²) in [7, 11) is 0. The molecule has 0 aliphatic heterocycles. The summed E-state index contributed by atoms with van der Waals surface area (Å²) in [6.07, 6.45) is 1.06. The van der Waals surface area contributed by atoms with Gasteiger partial charge in [0.15, 0.2) is 0 Å². The summed E-state index contributed by atoms with van der Waals surface area (Å²) in [6.45, 7) is 12.5. The molecular weight excluding hydrogens is 232 g/mol. The van der Waals surface area contributed by atoms with Gasteiger partial charge in [-0.3, -0.25) is 0 Å². The standard InChI is InChI=1S/C17H30N2/c1-6-13-7-8-15(17(3,4)5)9-16(13)12(2)14(10-18)11-19/h7-9,12,14H,6,10-11,18-19H2,1-5H3. The van der Waals surface area contributed by atoms with Gasteiger partial charge in [0.05, 0.1) is 0 Å². The highest BCUT2D eigenvalue weighted by Gasteiger charge is 2.21. The van der Waals surface area contributed by atoms with Crippen molar-refractivity contribution in [3.8, 4) is 0 Å². The van der Waals surface area contributed by atoms with E-state index >= 15 is 0 Å². The third kappa shape index (κ3) is 3.80. The molecule has 2 nitrogen and oxygen atoms in total. The Kier molecular flexibility index (Phi) is 5.57. The molecule has 0 saturated heterocycles. The zero-order valence-corrected chi connectivity index (χ0v) is 13.2. The highest BCUT2D eigenvalue weighted by atomic mass is 14.6. The van der Waals surface area contributed by atoms with Gasteiger partial charge in [-0.05, 0) is 53.5 Å². The van der Waals surface area contributed by atoms with Gasteiger partial charge < -0.3 is 11.5 Å².